The minimum absolute atomic E-state index is 0.00563. The summed E-state index contributed by atoms with van der Waals surface area (Å²) in [6.07, 6.45) is 4.95. The van der Waals surface area contributed by atoms with Crippen molar-refractivity contribution in [1.29, 1.82) is 0 Å². The van der Waals surface area contributed by atoms with Crippen LogP contribution in [0.4, 0.5) is 5.69 Å². The van der Waals surface area contributed by atoms with Crippen LogP contribution in [0, 0.1) is 0 Å². The molecule has 0 atom stereocenters. The third-order valence-corrected chi connectivity index (χ3v) is 7.19. The summed E-state index contributed by atoms with van der Waals surface area (Å²) in [7, 11) is 0. The maximum atomic E-state index is 13.0. The van der Waals surface area contributed by atoms with Crippen LogP contribution in [0.1, 0.15) is 48.5 Å². The van der Waals surface area contributed by atoms with Gasteiger partial charge in [-0.25, -0.2) is 0 Å². The molecule has 0 aliphatic carbocycles. The molecule has 1 aliphatic heterocycles. The van der Waals surface area contributed by atoms with Crippen LogP contribution in [-0.4, -0.2) is 43.7 Å². The van der Waals surface area contributed by atoms with Crippen molar-refractivity contribution in [2.24, 2.45) is 0 Å². The van der Waals surface area contributed by atoms with Crippen molar-refractivity contribution in [2.75, 3.05) is 17.2 Å². The van der Waals surface area contributed by atoms with E-state index in [1.54, 1.807) is 29.4 Å². The van der Waals surface area contributed by atoms with Crippen molar-refractivity contribution in [3.63, 3.8) is 0 Å². The van der Waals surface area contributed by atoms with Crippen molar-refractivity contribution < 1.29 is 9.59 Å². The minimum Gasteiger partial charge on any atom is -0.312 e. The van der Waals surface area contributed by atoms with Gasteiger partial charge >= 0.3 is 0 Å². The molecule has 1 saturated heterocycles. The number of benzene rings is 2. The van der Waals surface area contributed by atoms with Gasteiger partial charge in [-0.05, 0) is 60.4 Å². The van der Waals surface area contributed by atoms with E-state index in [1.165, 1.54) is 17.3 Å². The highest BCUT2D eigenvalue weighted by molar-refractivity contribution is 7.99. The summed E-state index contributed by atoms with van der Waals surface area (Å²) in [5, 5.41) is 9.59. The Morgan fingerprint density at radius 3 is 2.53 bits per heavy atom. The van der Waals surface area contributed by atoms with Gasteiger partial charge in [-0.2, -0.15) is 0 Å². The lowest BCUT2D eigenvalue weighted by Crippen LogP contribution is -2.23. The first-order chi connectivity index (χ1) is 17.5. The van der Waals surface area contributed by atoms with E-state index in [9.17, 15) is 9.59 Å². The highest BCUT2D eigenvalue weighted by Crippen LogP contribution is 2.32. The van der Waals surface area contributed by atoms with Gasteiger partial charge in [0.2, 0.25) is 5.91 Å². The molecule has 0 bridgehead atoms. The van der Waals surface area contributed by atoms with Crippen molar-refractivity contribution in [3.8, 4) is 17.1 Å². The van der Waals surface area contributed by atoms with Gasteiger partial charge < -0.3 is 4.90 Å². The molecule has 182 valence electrons. The van der Waals surface area contributed by atoms with Gasteiger partial charge in [0, 0.05) is 42.2 Å². The molecule has 2 aromatic carbocycles. The second kappa shape index (κ2) is 10.5. The molecule has 36 heavy (non-hydrogen) atoms. The lowest BCUT2D eigenvalue weighted by atomic mass is 10.0. The maximum Gasteiger partial charge on any atom is 0.227 e. The molecule has 1 amide bonds. The summed E-state index contributed by atoms with van der Waals surface area (Å²) >= 11 is 1.37. The molecule has 0 saturated carbocycles. The van der Waals surface area contributed by atoms with Crippen LogP contribution in [0.2, 0.25) is 0 Å². The molecule has 0 spiro atoms. The number of carbonyl (C=O) groups excluding carboxylic acids is 2. The molecule has 8 heteroatoms. The summed E-state index contributed by atoms with van der Waals surface area (Å²) < 4.78 is 2.02. The molecule has 0 radical (unpaired) electrons. The second-order valence-electron chi connectivity index (χ2n) is 9.00. The zero-order valence-electron chi connectivity index (χ0n) is 20.3. The maximum absolute atomic E-state index is 13.0. The van der Waals surface area contributed by atoms with Gasteiger partial charge in [0.25, 0.3) is 0 Å². The van der Waals surface area contributed by atoms with Crippen LogP contribution >= 0.6 is 11.8 Å². The number of nitrogens with zero attached hydrogens (tertiary/aromatic N) is 5. The minimum atomic E-state index is -0.00563. The van der Waals surface area contributed by atoms with Gasteiger partial charge in [-0.15, -0.1) is 10.2 Å². The third kappa shape index (κ3) is 4.81. The van der Waals surface area contributed by atoms with Crippen molar-refractivity contribution in [3.05, 3.63) is 84.2 Å². The molecular weight excluding hydrogens is 470 g/mol. The zero-order chi connectivity index (χ0) is 25.1. The summed E-state index contributed by atoms with van der Waals surface area (Å²) in [5.41, 5.74) is 4.47. The topological polar surface area (TPSA) is 81.0 Å². The molecule has 1 aliphatic rings. The number of carbonyl (C=O) groups is 2. The number of hydrogen-bond acceptors (Lipinski definition) is 6. The van der Waals surface area contributed by atoms with E-state index in [2.05, 4.69) is 41.2 Å². The first-order valence-electron chi connectivity index (χ1n) is 12.0. The first-order valence-corrected chi connectivity index (χ1v) is 13.0. The van der Waals surface area contributed by atoms with E-state index in [0.717, 1.165) is 29.9 Å². The Bertz CT molecular complexity index is 1380. The predicted molar refractivity (Wildman–Crippen MR) is 142 cm³/mol. The van der Waals surface area contributed by atoms with Crippen LogP contribution in [0.25, 0.3) is 17.1 Å². The van der Waals surface area contributed by atoms with Crippen LogP contribution in [0.3, 0.4) is 0 Å². The fraction of sp³-hybridized carbons (Fsp3) is 0.250. The van der Waals surface area contributed by atoms with Crippen molar-refractivity contribution >= 4 is 29.1 Å². The summed E-state index contributed by atoms with van der Waals surface area (Å²) in [5.74, 6) is 1.33. The molecule has 2 aromatic heterocycles. The smallest absolute Gasteiger partial charge is 0.227 e. The number of para-hydroxylation sites is 1. The van der Waals surface area contributed by atoms with E-state index < -0.39 is 0 Å². The summed E-state index contributed by atoms with van der Waals surface area (Å²) in [6.45, 7) is 5.04. The second-order valence-corrected chi connectivity index (χ2v) is 9.95. The Labute approximate surface area is 214 Å². The standard InChI is InChI=1S/C28H27N5O2S/c1-19(2)23-8-3-4-9-24(23)33-27(21-7-5-15-29-17-21)30-31-28(33)36-18-25(34)20-11-13-22(14-12-20)32-16-6-10-26(32)35/h3-5,7-9,11-15,17,19H,6,10,16,18H2,1-2H3. The number of anilines is 1. The Kier molecular flexibility index (Phi) is 6.95. The Morgan fingerprint density at radius 1 is 1.03 bits per heavy atom. The largest absolute Gasteiger partial charge is 0.312 e. The molecule has 0 unspecified atom stereocenters. The molecule has 3 heterocycles. The predicted octanol–water partition coefficient (Wildman–Crippen LogP) is 5.55. The number of Topliss-reactive ketones (excluding diaryl/α,β-unsaturated/α-hetero) is 1. The van der Waals surface area contributed by atoms with Crippen LogP contribution in [0.15, 0.2) is 78.2 Å². The van der Waals surface area contributed by atoms with Gasteiger partial charge in [0.05, 0.1) is 11.4 Å². The average Bonchev–Trinajstić information content (AvgIpc) is 3.54. The van der Waals surface area contributed by atoms with Crippen LogP contribution in [0.5, 0.6) is 0 Å². The number of amides is 1. The van der Waals surface area contributed by atoms with Gasteiger partial charge in [-0.1, -0.05) is 43.8 Å². The monoisotopic (exact) mass is 497 g/mol. The lowest BCUT2D eigenvalue weighted by molar-refractivity contribution is -0.117. The van der Waals surface area contributed by atoms with Crippen molar-refractivity contribution in [2.45, 2.75) is 37.8 Å². The van der Waals surface area contributed by atoms with E-state index in [4.69, 9.17) is 0 Å². The number of thioether (sulfide) groups is 1. The van der Waals surface area contributed by atoms with Gasteiger partial charge in [-0.3, -0.25) is 19.1 Å². The normalized spacial score (nSPS) is 13.5. The third-order valence-electron chi connectivity index (χ3n) is 6.26. The molecular formula is C28H27N5O2S. The zero-order valence-corrected chi connectivity index (χ0v) is 21.1. The van der Waals surface area contributed by atoms with Crippen molar-refractivity contribution in [1.82, 2.24) is 19.7 Å². The fourth-order valence-corrected chi connectivity index (χ4v) is 5.24. The average molecular weight is 498 g/mol. The number of hydrogen-bond donors (Lipinski definition) is 0. The summed E-state index contributed by atoms with van der Waals surface area (Å²) in [4.78, 5) is 31.1. The Hall–Kier alpha value is -3.78. The Balaban J connectivity index is 1.42. The highest BCUT2D eigenvalue weighted by atomic mass is 32.2. The van der Waals surface area contributed by atoms with Gasteiger partial charge in [0.1, 0.15) is 0 Å². The highest BCUT2D eigenvalue weighted by Gasteiger charge is 2.23. The molecule has 7 nitrogen and oxygen atoms in total. The summed E-state index contributed by atoms with van der Waals surface area (Å²) in [6, 6.07) is 19.3. The number of aromatic nitrogens is 4. The van der Waals surface area contributed by atoms with Crippen LogP contribution in [-0.2, 0) is 4.79 Å². The molecule has 4 aromatic rings. The first kappa shape index (κ1) is 23.9. The van der Waals surface area contributed by atoms with E-state index in [0.29, 0.717) is 28.9 Å². The Morgan fingerprint density at radius 2 is 1.83 bits per heavy atom. The van der Waals surface area contributed by atoms with E-state index >= 15 is 0 Å². The number of rotatable bonds is 8. The SMILES string of the molecule is CC(C)c1ccccc1-n1c(SCC(=O)c2ccc(N3CCCC3=O)cc2)nnc1-c1cccnc1. The molecule has 1 fully saturated rings. The quantitative estimate of drug-likeness (QED) is 0.234. The van der Waals surface area contributed by atoms with Gasteiger partial charge in [0.15, 0.2) is 16.8 Å². The number of pyridine rings is 1. The number of ketones is 1. The molecule has 0 N–H and O–H groups in total. The van der Waals surface area contributed by atoms with E-state index in [1.807, 2.05) is 41.0 Å². The lowest BCUT2D eigenvalue weighted by Gasteiger charge is -2.17. The van der Waals surface area contributed by atoms with Crippen LogP contribution < -0.4 is 4.90 Å². The van der Waals surface area contributed by atoms with E-state index in [-0.39, 0.29) is 17.4 Å². The fourth-order valence-electron chi connectivity index (χ4n) is 4.40. The molecule has 5 rings (SSSR count).